The molecule has 1 atom stereocenters. The van der Waals surface area contributed by atoms with Gasteiger partial charge in [0.05, 0.1) is 19.3 Å². The first-order valence-corrected chi connectivity index (χ1v) is 5.20. The van der Waals surface area contributed by atoms with Crippen LogP contribution >= 0.6 is 0 Å². The lowest BCUT2D eigenvalue weighted by atomic mass is 10.2. The van der Waals surface area contributed by atoms with Crippen molar-refractivity contribution in [1.82, 2.24) is 10.2 Å². The van der Waals surface area contributed by atoms with E-state index in [1.807, 2.05) is 13.8 Å². The van der Waals surface area contributed by atoms with Crippen LogP contribution in [0.15, 0.2) is 0 Å². The SMILES string of the molecule is CC(C)OCCN1CC(=O)NC(C)C1=O. The Hall–Kier alpha value is -1.10. The second kappa shape index (κ2) is 5.11. The van der Waals surface area contributed by atoms with Gasteiger partial charge in [0.2, 0.25) is 11.8 Å². The van der Waals surface area contributed by atoms with Gasteiger partial charge < -0.3 is 15.0 Å². The van der Waals surface area contributed by atoms with E-state index in [0.717, 1.165) is 0 Å². The Morgan fingerprint density at radius 2 is 2.20 bits per heavy atom. The highest BCUT2D eigenvalue weighted by molar-refractivity contribution is 5.94. The van der Waals surface area contributed by atoms with Crippen molar-refractivity contribution in [1.29, 1.82) is 0 Å². The van der Waals surface area contributed by atoms with Crippen LogP contribution in [-0.4, -0.2) is 48.6 Å². The summed E-state index contributed by atoms with van der Waals surface area (Å²) in [5.41, 5.74) is 0. The molecule has 0 spiro atoms. The molecular formula is C10H18N2O3. The summed E-state index contributed by atoms with van der Waals surface area (Å²) in [4.78, 5) is 24.3. The van der Waals surface area contributed by atoms with E-state index < -0.39 is 6.04 Å². The van der Waals surface area contributed by atoms with Gasteiger partial charge >= 0.3 is 0 Å². The quantitative estimate of drug-likeness (QED) is 0.702. The zero-order valence-electron chi connectivity index (χ0n) is 9.45. The number of ether oxygens (including phenoxy) is 1. The molecule has 1 fully saturated rings. The van der Waals surface area contributed by atoms with Crippen molar-refractivity contribution in [2.75, 3.05) is 19.7 Å². The Bertz CT molecular complexity index is 253. The first kappa shape index (κ1) is 12.0. The third-order valence-electron chi connectivity index (χ3n) is 2.21. The Kier molecular flexibility index (Phi) is 4.08. The van der Waals surface area contributed by atoms with Crippen LogP contribution in [0.25, 0.3) is 0 Å². The van der Waals surface area contributed by atoms with Crippen LogP contribution < -0.4 is 5.32 Å². The minimum Gasteiger partial charge on any atom is -0.377 e. The van der Waals surface area contributed by atoms with Crippen LogP contribution in [0.1, 0.15) is 20.8 Å². The van der Waals surface area contributed by atoms with E-state index in [4.69, 9.17) is 4.74 Å². The highest BCUT2D eigenvalue weighted by Crippen LogP contribution is 2.02. The molecule has 0 aliphatic carbocycles. The van der Waals surface area contributed by atoms with E-state index in [2.05, 4.69) is 5.32 Å². The molecule has 0 radical (unpaired) electrons. The molecule has 0 aromatic heterocycles. The summed E-state index contributed by atoms with van der Waals surface area (Å²) in [7, 11) is 0. The maximum Gasteiger partial charge on any atom is 0.245 e. The third kappa shape index (κ3) is 3.51. The minimum absolute atomic E-state index is 0.0399. The van der Waals surface area contributed by atoms with Crippen LogP contribution in [0.2, 0.25) is 0 Å². The van der Waals surface area contributed by atoms with Gasteiger partial charge in [-0.15, -0.1) is 0 Å². The van der Waals surface area contributed by atoms with Crippen molar-refractivity contribution in [2.45, 2.75) is 32.9 Å². The molecule has 0 saturated carbocycles. The number of hydrogen-bond donors (Lipinski definition) is 1. The van der Waals surface area contributed by atoms with Crippen molar-refractivity contribution in [3.8, 4) is 0 Å². The molecule has 5 nitrogen and oxygen atoms in total. The average Bonchev–Trinajstić information content (AvgIpc) is 2.12. The molecule has 0 bridgehead atoms. The van der Waals surface area contributed by atoms with Gasteiger partial charge in [-0.05, 0) is 20.8 Å². The molecule has 1 rings (SSSR count). The smallest absolute Gasteiger partial charge is 0.245 e. The number of piperazine rings is 1. The predicted octanol–water partition coefficient (Wildman–Crippen LogP) is -0.242. The lowest BCUT2D eigenvalue weighted by molar-refractivity contribution is -0.144. The number of nitrogens with one attached hydrogen (secondary N) is 1. The summed E-state index contributed by atoms with van der Waals surface area (Å²) in [5, 5.41) is 2.59. The third-order valence-corrected chi connectivity index (χ3v) is 2.21. The van der Waals surface area contributed by atoms with Crippen LogP contribution in [0.5, 0.6) is 0 Å². The number of carbonyl (C=O) groups excluding carboxylic acids is 2. The number of rotatable bonds is 4. The first-order chi connectivity index (χ1) is 7.00. The van der Waals surface area contributed by atoms with Crippen LogP contribution in [-0.2, 0) is 14.3 Å². The van der Waals surface area contributed by atoms with Crippen molar-refractivity contribution in [2.24, 2.45) is 0 Å². The number of amides is 2. The molecular weight excluding hydrogens is 196 g/mol. The van der Waals surface area contributed by atoms with Gasteiger partial charge in [0.1, 0.15) is 6.04 Å². The van der Waals surface area contributed by atoms with Gasteiger partial charge in [0, 0.05) is 6.54 Å². The first-order valence-electron chi connectivity index (χ1n) is 5.20. The van der Waals surface area contributed by atoms with E-state index in [1.54, 1.807) is 6.92 Å². The summed E-state index contributed by atoms with van der Waals surface area (Å²) >= 11 is 0. The number of nitrogens with zero attached hydrogens (tertiary/aromatic N) is 1. The van der Waals surface area contributed by atoms with Crippen molar-refractivity contribution in [3.63, 3.8) is 0 Å². The largest absolute Gasteiger partial charge is 0.377 e. The normalized spacial score (nSPS) is 22.1. The average molecular weight is 214 g/mol. The van der Waals surface area contributed by atoms with E-state index >= 15 is 0 Å². The Morgan fingerprint density at radius 3 is 2.80 bits per heavy atom. The van der Waals surface area contributed by atoms with Crippen LogP contribution in [0, 0.1) is 0 Å². The number of hydrogen-bond acceptors (Lipinski definition) is 3. The Balaban J connectivity index is 2.39. The highest BCUT2D eigenvalue weighted by Gasteiger charge is 2.28. The van der Waals surface area contributed by atoms with Gasteiger partial charge in [-0.2, -0.15) is 0 Å². The molecule has 1 saturated heterocycles. The molecule has 15 heavy (non-hydrogen) atoms. The minimum atomic E-state index is -0.412. The van der Waals surface area contributed by atoms with E-state index in [-0.39, 0.29) is 24.5 Å². The second-order valence-electron chi connectivity index (χ2n) is 3.97. The maximum absolute atomic E-state index is 11.6. The molecule has 1 heterocycles. The summed E-state index contributed by atoms with van der Waals surface area (Å²) in [6.07, 6.45) is 0.149. The second-order valence-corrected chi connectivity index (χ2v) is 3.97. The molecule has 86 valence electrons. The fraction of sp³-hybridized carbons (Fsp3) is 0.800. The Labute approximate surface area is 89.8 Å². The molecule has 1 unspecified atom stereocenters. The maximum atomic E-state index is 11.6. The van der Waals surface area contributed by atoms with Gasteiger partial charge in [0.15, 0.2) is 0 Å². The molecule has 0 aromatic carbocycles. The monoisotopic (exact) mass is 214 g/mol. The lowest BCUT2D eigenvalue weighted by Gasteiger charge is -2.30. The summed E-state index contributed by atoms with van der Waals surface area (Å²) in [6.45, 7) is 6.67. The molecule has 5 heteroatoms. The summed E-state index contributed by atoms with van der Waals surface area (Å²) in [5.74, 6) is -0.145. The van der Waals surface area contributed by atoms with Crippen molar-refractivity contribution in [3.05, 3.63) is 0 Å². The Morgan fingerprint density at radius 1 is 1.53 bits per heavy atom. The predicted molar refractivity (Wildman–Crippen MR) is 55.3 cm³/mol. The molecule has 1 aliphatic rings. The van der Waals surface area contributed by atoms with Crippen molar-refractivity contribution < 1.29 is 14.3 Å². The zero-order valence-corrected chi connectivity index (χ0v) is 9.45. The summed E-state index contributed by atoms with van der Waals surface area (Å²) in [6, 6.07) is -0.412. The standard InChI is InChI=1S/C10H18N2O3/c1-7(2)15-5-4-12-6-9(13)11-8(3)10(12)14/h7-8H,4-6H2,1-3H3,(H,11,13). The van der Waals surface area contributed by atoms with Gasteiger partial charge in [0.25, 0.3) is 0 Å². The van der Waals surface area contributed by atoms with E-state index in [1.165, 1.54) is 4.90 Å². The molecule has 2 amide bonds. The molecule has 1 aliphatic heterocycles. The molecule has 0 aromatic rings. The van der Waals surface area contributed by atoms with Crippen molar-refractivity contribution >= 4 is 11.8 Å². The van der Waals surface area contributed by atoms with E-state index in [9.17, 15) is 9.59 Å². The fourth-order valence-electron chi connectivity index (χ4n) is 1.46. The zero-order chi connectivity index (χ0) is 11.4. The highest BCUT2D eigenvalue weighted by atomic mass is 16.5. The fourth-order valence-corrected chi connectivity index (χ4v) is 1.46. The van der Waals surface area contributed by atoms with Gasteiger partial charge in [-0.1, -0.05) is 0 Å². The van der Waals surface area contributed by atoms with Crippen LogP contribution in [0.4, 0.5) is 0 Å². The topological polar surface area (TPSA) is 58.6 Å². The number of carbonyl (C=O) groups is 2. The van der Waals surface area contributed by atoms with Gasteiger partial charge in [-0.25, -0.2) is 0 Å². The van der Waals surface area contributed by atoms with E-state index in [0.29, 0.717) is 13.2 Å². The van der Waals surface area contributed by atoms with Gasteiger partial charge in [-0.3, -0.25) is 9.59 Å². The molecule has 1 N–H and O–H groups in total. The summed E-state index contributed by atoms with van der Waals surface area (Å²) < 4.78 is 5.34. The lowest BCUT2D eigenvalue weighted by Crippen LogP contribution is -2.57. The van der Waals surface area contributed by atoms with Crippen LogP contribution in [0.3, 0.4) is 0 Å².